The van der Waals surface area contributed by atoms with E-state index in [2.05, 4.69) is 74.3 Å². The third-order valence-electron chi connectivity index (χ3n) is 6.04. The molecule has 0 amide bonds. The fourth-order valence-electron chi connectivity index (χ4n) is 4.43. The summed E-state index contributed by atoms with van der Waals surface area (Å²) in [5.74, 6) is 0.611. The van der Waals surface area contributed by atoms with Gasteiger partial charge in [0.2, 0.25) is 0 Å². The summed E-state index contributed by atoms with van der Waals surface area (Å²) >= 11 is 1.63. The molecule has 1 unspecified atom stereocenters. The number of aromatic nitrogens is 2. The average molecular weight is 483 g/mol. The lowest BCUT2D eigenvalue weighted by Crippen LogP contribution is -2.67. The van der Waals surface area contributed by atoms with Crippen LogP contribution in [-0.2, 0) is 9.16 Å². The minimum Gasteiger partial charge on any atom is -0.404 e. The number of rotatable bonds is 6. The first-order chi connectivity index (χ1) is 15.7. The van der Waals surface area contributed by atoms with Crippen molar-refractivity contribution in [1.29, 1.82) is 0 Å². The lowest BCUT2D eigenvalue weighted by atomic mass is 10.2. The highest BCUT2D eigenvalue weighted by atomic mass is 32.2. The zero-order valence-corrected chi connectivity index (χ0v) is 21.2. The molecule has 1 aliphatic heterocycles. The van der Waals surface area contributed by atoms with Crippen LogP contribution in [0.1, 0.15) is 32.6 Å². The van der Waals surface area contributed by atoms with Crippen LogP contribution in [0, 0.1) is 6.92 Å². The van der Waals surface area contributed by atoms with E-state index >= 15 is 0 Å². The number of nitrogens with one attached hydrogen (secondary N) is 1. The van der Waals surface area contributed by atoms with E-state index < -0.39 is 20.2 Å². The molecule has 0 spiro atoms. The van der Waals surface area contributed by atoms with Crippen molar-refractivity contribution in [3.8, 4) is 0 Å². The largest absolute Gasteiger partial charge is 0.404 e. The van der Waals surface area contributed by atoms with Crippen LogP contribution in [0.2, 0.25) is 5.04 Å². The second-order valence-electron chi connectivity index (χ2n) is 9.31. The van der Waals surface area contributed by atoms with Gasteiger partial charge in [0.1, 0.15) is 11.7 Å². The molecule has 3 aromatic rings. The molecule has 0 aliphatic carbocycles. The Morgan fingerprint density at radius 2 is 1.64 bits per heavy atom. The number of ether oxygens (including phenoxy) is 1. The van der Waals surface area contributed by atoms with Gasteiger partial charge in [0.05, 0.1) is 6.61 Å². The molecule has 0 radical (unpaired) electrons. The van der Waals surface area contributed by atoms with Gasteiger partial charge in [-0.05, 0) is 22.3 Å². The van der Waals surface area contributed by atoms with Crippen molar-refractivity contribution in [2.24, 2.45) is 0 Å². The van der Waals surface area contributed by atoms with E-state index in [1.165, 1.54) is 14.9 Å². The summed E-state index contributed by atoms with van der Waals surface area (Å²) in [6, 6.07) is 21.0. The lowest BCUT2D eigenvalue weighted by Gasteiger charge is -2.43. The smallest absolute Gasteiger partial charge is 0.330 e. The number of benzene rings is 2. The molecule has 33 heavy (non-hydrogen) atoms. The zero-order valence-electron chi connectivity index (χ0n) is 19.4. The van der Waals surface area contributed by atoms with E-state index in [0.29, 0.717) is 17.9 Å². The molecule has 2 heterocycles. The van der Waals surface area contributed by atoms with Gasteiger partial charge in [-0.25, -0.2) is 4.79 Å². The Morgan fingerprint density at radius 3 is 2.18 bits per heavy atom. The van der Waals surface area contributed by atoms with Crippen LogP contribution in [0.5, 0.6) is 0 Å². The van der Waals surface area contributed by atoms with Crippen molar-refractivity contribution in [3.05, 3.63) is 93.3 Å². The third kappa shape index (κ3) is 4.66. The normalized spacial score (nSPS) is 19.0. The average Bonchev–Trinajstić information content (AvgIpc) is 3.26. The summed E-state index contributed by atoms with van der Waals surface area (Å²) < 4.78 is 14.6. The summed E-state index contributed by atoms with van der Waals surface area (Å²) in [5, 5.41) is 2.32. The summed E-state index contributed by atoms with van der Waals surface area (Å²) in [5.41, 5.74) is -0.552. The molecule has 1 aliphatic rings. The zero-order chi connectivity index (χ0) is 23.6. The molecule has 1 saturated heterocycles. The summed E-state index contributed by atoms with van der Waals surface area (Å²) in [6.07, 6.45) is 1.13. The minimum atomic E-state index is -2.65. The van der Waals surface area contributed by atoms with Gasteiger partial charge in [-0.3, -0.25) is 14.3 Å². The monoisotopic (exact) mass is 482 g/mol. The van der Waals surface area contributed by atoms with Crippen LogP contribution in [-0.4, -0.2) is 35.7 Å². The van der Waals surface area contributed by atoms with Crippen molar-refractivity contribution in [2.45, 2.75) is 44.4 Å². The van der Waals surface area contributed by atoms with Gasteiger partial charge in [-0.2, -0.15) is 0 Å². The fourth-order valence-corrected chi connectivity index (χ4v) is 10.1. The predicted octanol–water partition coefficient (Wildman–Crippen LogP) is 3.01. The molecule has 1 aromatic heterocycles. The Bertz CT molecular complexity index is 1170. The number of hydrogen-bond acceptors (Lipinski definition) is 5. The number of aryl methyl sites for hydroxylation is 1. The van der Waals surface area contributed by atoms with E-state index in [4.69, 9.17) is 9.16 Å². The van der Waals surface area contributed by atoms with E-state index in [9.17, 15) is 9.59 Å². The highest BCUT2D eigenvalue weighted by Crippen LogP contribution is 2.38. The van der Waals surface area contributed by atoms with Gasteiger partial charge in [0.25, 0.3) is 13.9 Å². The first-order valence-electron chi connectivity index (χ1n) is 11.1. The molecule has 1 N–H and O–H groups in total. The standard InChI is InChI=1S/C25H30N2O4SSi/c1-18-15-27(24(29)26-23(18)28)21-17-32-22(31-21)16-30-33(25(2,3)4,19-11-7-5-8-12-19)20-13-9-6-10-14-20/h5-15,21-22H,16-17H2,1-4H3,(H,26,28,29)/t21?,22-/m1/s1. The Labute approximate surface area is 199 Å². The summed E-state index contributed by atoms with van der Waals surface area (Å²) in [7, 11) is -2.65. The van der Waals surface area contributed by atoms with Crippen LogP contribution in [0.15, 0.2) is 76.4 Å². The molecular weight excluding hydrogens is 452 g/mol. The lowest BCUT2D eigenvalue weighted by molar-refractivity contribution is -0.00370. The molecule has 2 aromatic carbocycles. The Kier molecular flexibility index (Phi) is 6.81. The number of thioether (sulfide) groups is 1. The van der Waals surface area contributed by atoms with Crippen molar-refractivity contribution >= 4 is 30.5 Å². The highest BCUT2D eigenvalue weighted by molar-refractivity contribution is 8.00. The van der Waals surface area contributed by atoms with Crippen LogP contribution in [0.25, 0.3) is 0 Å². The maximum Gasteiger partial charge on any atom is 0.330 e. The molecule has 0 saturated carbocycles. The van der Waals surface area contributed by atoms with Gasteiger partial charge in [0.15, 0.2) is 0 Å². The van der Waals surface area contributed by atoms with E-state index in [1.807, 2.05) is 12.1 Å². The van der Waals surface area contributed by atoms with Crippen molar-refractivity contribution < 1.29 is 9.16 Å². The SMILES string of the molecule is Cc1cn(C2CS[C@H](CO[Si](c3ccccc3)(c3ccccc3)C(C)(C)C)O2)c(=O)[nH]c1=O. The number of aromatic amines is 1. The Hall–Kier alpha value is -2.39. The first kappa shape index (κ1) is 23.8. The Morgan fingerprint density at radius 1 is 1.06 bits per heavy atom. The Balaban J connectivity index is 1.62. The van der Waals surface area contributed by atoms with Crippen molar-refractivity contribution in [1.82, 2.24) is 9.55 Å². The van der Waals surface area contributed by atoms with Gasteiger partial charge in [-0.1, -0.05) is 81.4 Å². The van der Waals surface area contributed by atoms with E-state index in [-0.39, 0.29) is 16.0 Å². The number of H-pyrrole nitrogens is 1. The van der Waals surface area contributed by atoms with Gasteiger partial charge in [-0.15, -0.1) is 11.8 Å². The van der Waals surface area contributed by atoms with E-state index in [0.717, 1.165) is 0 Å². The van der Waals surface area contributed by atoms with Crippen LogP contribution in [0.3, 0.4) is 0 Å². The van der Waals surface area contributed by atoms with Crippen LogP contribution in [0.4, 0.5) is 0 Å². The van der Waals surface area contributed by atoms with Crippen LogP contribution < -0.4 is 21.6 Å². The summed E-state index contributed by atoms with van der Waals surface area (Å²) in [6.45, 7) is 8.82. The molecule has 4 rings (SSSR count). The first-order valence-corrected chi connectivity index (χ1v) is 14.0. The quantitative estimate of drug-likeness (QED) is 0.547. The van der Waals surface area contributed by atoms with Crippen molar-refractivity contribution in [3.63, 3.8) is 0 Å². The maximum atomic E-state index is 12.3. The minimum absolute atomic E-state index is 0.120. The van der Waals surface area contributed by atoms with Crippen LogP contribution >= 0.6 is 11.8 Å². The van der Waals surface area contributed by atoms with E-state index in [1.54, 1.807) is 24.9 Å². The topological polar surface area (TPSA) is 73.3 Å². The van der Waals surface area contributed by atoms with Gasteiger partial charge < -0.3 is 9.16 Å². The highest BCUT2D eigenvalue weighted by Gasteiger charge is 2.50. The van der Waals surface area contributed by atoms with Crippen molar-refractivity contribution in [2.75, 3.05) is 12.4 Å². The molecule has 1 fully saturated rings. The summed E-state index contributed by atoms with van der Waals surface area (Å²) in [4.78, 5) is 26.4. The molecule has 6 nitrogen and oxygen atoms in total. The van der Waals surface area contributed by atoms with Gasteiger partial charge >= 0.3 is 5.69 Å². The predicted molar refractivity (Wildman–Crippen MR) is 136 cm³/mol. The molecule has 0 bridgehead atoms. The number of nitrogens with zero attached hydrogens (tertiary/aromatic N) is 1. The number of hydrogen-bond donors (Lipinski definition) is 1. The second-order valence-corrected chi connectivity index (χ2v) is 14.8. The molecule has 2 atom stereocenters. The molecular formula is C25H30N2O4SSi. The molecule has 8 heteroatoms. The van der Waals surface area contributed by atoms with Gasteiger partial charge in [0, 0.05) is 17.5 Å². The maximum absolute atomic E-state index is 12.3. The molecule has 174 valence electrons. The third-order valence-corrected chi connectivity index (χ3v) is 12.1. The second kappa shape index (κ2) is 9.46. The fraction of sp³-hybridized carbons (Fsp3) is 0.360.